The highest BCUT2D eigenvalue weighted by molar-refractivity contribution is 5.13. The fourth-order valence-corrected chi connectivity index (χ4v) is 0.909. The minimum Gasteiger partial charge on any atom is -0.261 e. The molecular weight excluding hydrogens is 141 g/mol. The molecule has 0 aliphatic rings. The molecule has 0 saturated heterocycles. The Balaban J connectivity index is 2.66. The molecule has 2 heteroatoms. The number of nitrogens with zero attached hydrogens (tertiary/aromatic N) is 1. The van der Waals surface area contributed by atoms with Crippen molar-refractivity contribution in [1.82, 2.24) is 4.98 Å². The Hall–Kier alpha value is -0.920. The second-order valence-electron chi connectivity index (χ2n) is 2.45. The molecule has 0 radical (unpaired) electrons. The molecule has 0 aromatic carbocycles. The van der Waals surface area contributed by atoms with Crippen LogP contribution in [0.15, 0.2) is 18.3 Å². The molecular formula is C9H12FN. The molecule has 1 nitrogen and oxygen atoms in total. The highest BCUT2D eigenvalue weighted by Crippen LogP contribution is 2.01. The summed E-state index contributed by atoms with van der Waals surface area (Å²) in [6.45, 7) is 1.75. The number of halogens is 1. The van der Waals surface area contributed by atoms with E-state index in [-0.39, 0.29) is 6.67 Å². The van der Waals surface area contributed by atoms with Gasteiger partial charge in [-0.1, -0.05) is 13.0 Å². The van der Waals surface area contributed by atoms with Crippen molar-refractivity contribution in [3.8, 4) is 0 Å². The summed E-state index contributed by atoms with van der Waals surface area (Å²) in [7, 11) is 0. The van der Waals surface area contributed by atoms with Gasteiger partial charge in [-0.15, -0.1) is 0 Å². The summed E-state index contributed by atoms with van der Waals surface area (Å²) in [5.74, 6) is 0. The van der Waals surface area contributed by atoms with Gasteiger partial charge < -0.3 is 0 Å². The van der Waals surface area contributed by atoms with Gasteiger partial charge in [-0.05, 0) is 18.1 Å². The molecule has 1 aromatic heterocycles. The molecule has 0 bridgehead atoms. The summed E-state index contributed by atoms with van der Waals surface area (Å²) in [4.78, 5) is 4.10. The van der Waals surface area contributed by atoms with Crippen LogP contribution in [0.4, 0.5) is 4.39 Å². The summed E-state index contributed by atoms with van der Waals surface area (Å²) in [6, 6.07) is 3.89. The Morgan fingerprint density at radius 3 is 2.73 bits per heavy atom. The van der Waals surface area contributed by atoms with Gasteiger partial charge in [0.1, 0.15) is 0 Å². The Morgan fingerprint density at radius 2 is 2.27 bits per heavy atom. The number of hydrogen-bond acceptors (Lipinski definition) is 1. The first-order valence-corrected chi connectivity index (χ1v) is 3.86. The van der Waals surface area contributed by atoms with Gasteiger partial charge in [-0.2, -0.15) is 0 Å². The smallest absolute Gasteiger partial charge is 0.0949 e. The zero-order valence-corrected chi connectivity index (χ0v) is 6.68. The average Bonchev–Trinajstić information content (AvgIpc) is 2.07. The average molecular weight is 153 g/mol. The molecule has 0 spiro atoms. The first kappa shape index (κ1) is 8.18. The topological polar surface area (TPSA) is 12.9 Å². The largest absolute Gasteiger partial charge is 0.261 e. The number of aromatic nitrogens is 1. The first-order valence-electron chi connectivity index (χ1n) is 3.86. The number of hydrogen-bond donors (Lipinski definition) is 0. The van der Waals surface area contributed by atoms with Crippen LogP contribution in [-0.4, -0.2) is 11.7 Å². The van der Waals surface area contributed by atoms with Crippen molar-refractivity contribution in [2.75, 3.05) is 6.67 Å². The molecule has 11 heavy (non-hydrogen) atoms. The van der Waals surface area contributed by atoms with Crippen molar-refractivity contribution in [2.24, 2.45) is 0 Å². The second kappa shape index (κ2) is 4.06. The van der Waals surface area contributed by atoms with Crippen LogP contribution in [-0.2, 0) is 12.8 Å². The predicted octanol–water partition coefficient (Wildman–Crippen LogP) is 2.16. The van der Waals surface area contributed by atoms with Crippen molar-refractivity contribution in [3.63, 3.8) is 0 Å². The molecule has 0 saturated carbocycles. The Labute approximate surface area is 66.3 Å². The summed E-state index contributed by atoms with van der Waals surface area (Å²) < 4.78 is 11.8. The number of alkyl halides is 1. The van der Waals surface area contributed by atoms with Crippen LogP contribution in [0.25, 0.3) is 0 Å². The summed E-state index contributed by atoms with van der Waals surface area (Å²) in [6.07, 6.45) is 3.23. The SMILES string of the molecule is CCc1ccc(CCF)nc1. The van der Waals surface area contributed by atoms with Crippen molar-refractivity contribution in [2.45, 2.75) is 19.8 Å². The molecule has 0 atom stereocenters. The lowest BCUT2D eigenvalue weighted by Crippen LogP contribution is -1.92. The maximum Gasteiger partial charge on any atom is 0.0949 e. The van der Waals surface area contributed by atoms with Crippen LogP contribution in [0, 0.1) is 0 Å². The minimum absolute atomic E-state index is 0.321. The van der Waals surface area contributed by atoms with Gasteiger partial charge in [0.15, 0.2) is 0 Å². The lowest BCUT2D eigenvalue weighted by Gasteiger charge is -1.97. The van der Waals surface area contributed by atoms with Crippen LogP contribution in [0.1, 0.15) is 18.2 Å². The van der Waals surface area contributed by atoms with Gasteiger partial charge in [-0.3, -0.25) is 9.37 Å². The van der Waals surface area contributed by atoms with E-state index in [1.807, 2.05) is 18.3 Å². The third-order valence-corrected chi connectivity index (χ3v) is 1.64. The fraction of sp³-hybridized carbons (Fsp3) is 0.444. The summed E-state index contributed by atoms with van der Waals surface area (Å²) in [5.41, 5.74) is 2.04. The van der Waals surface area contributed by atoms with Gasteiger partial charge in [0.2, 0.25) is 0 Å². The number of aryl methyl sites for hydroxylation is 2. The molecule has 0 amide bonds. The highest BCUT2D eigenvalue weighted by Gasteiger charge is 1.93. The monoisotopic (exact) mass is 153 g/mol. The van der Waals surface area contributed by atoms with Gasteiger partial charge >= 0.3 is 0 Å². The molecule has 1 heterocycles. The van der Waals surface area contributed by atoms with Crippen LogP contribution < -0.4 is 0 Å². The third kappa shape index (κ3) is 2.30. The van der Waals surface area contributed by atoms with Crippen molar-refractivity contribution in [1.29, 1.82) is 0 Å². The molecule has 0 fully saturated rings. The van der Waals surface area contributed by atoms with E-state index in [0.29, 0.717) is 6.42 Å². The molecule has 60 valence electrons. The lowest BCUT2D eigenvalue weighted by atomic mass is 10.2. The van der Waals surface area contributed by atoms with Crippen molar-refractivity contribution < 1.29 is 4.39 Å². The van der Waals surface area contributed by atoms with Crippen LogP contribution in [0.2, 0.25) is 0 Å². The van der Waals surface area contributed by atoms with E-state index in [9.17, 15) is 4.39 Å². The predicted molar refractivity (Wildman–Crippen MR) is 43.3 cm³/mol. The van der Waals surface area contributed by atoms with Crippen LogP contribution in [0.3, 0.4) is 0 Å². The van der Waals surface area contributed by atoms with Crippen LogP contribution >= 0.6 is 0 Å². The normalized spacial score (nSPS) is 10.0. The molecule has 0 N–H and O–H groups in total. The van der Waals surface area contributed by atoms with Gasteiger partial charge in [-0.25, -0.2) is 0 Å². The van der Waals surface area contributed by atoms with Crippen molar-refractivity contribution >= 4 is 0 Å². The Morgan fingerprint density at radius 1 is 1.45 bits per heavy atom. The summed E-state index contributed by atoms with van der Waals surface area (Å²) in [5, 5.41) is 0. The second-order valence-corrected chi connectivity index (χ2v) is 2.45. The molecule has 1 rings (SSSR count). The highest BCUT2D eigenvalue weighted by atomic mass is 19.1. The van der Waals surface area contributed by atoms with Gasteiger partial charge in [0, 0.05) is 18.3 Å². The molecule has 0 unspecified atom stereocenters. The van der Waals surface area contributed by atoms with E-state index >= 15 is 0 Å². The zero-order chi connectivity index (χ0) is 8.10. The minimum atomic E-state index is -0.321. The molecule has 0 aliphatic heterocycles. The van der Waals surface area contributed by atoms with E-state index in [1.54, 1.807) is 0 Å². The Bertz CT molecular complexity index is 205. The van der Waals surface area contributed by atoms with E-state index in [0.717, 1.165) is 12.1 Å². The number of rotatable bonds is 3. The quantitative estimate of drug-likeness (QED) is 0.648. The molecule has 0 aliphatic carbocycles. The van der Waals surface area contributed by atoms with E-state index in [2.05, 4.69) is 11.9 Å². The standard InChI is InChI=1S/C9H12FN/c1-2-8-3-4-9(5-6-10)11-7-8/h3-4,7H,2,5-6H2,1H3. The Kier molecular flexibility index (Phi) is 3.02. The van der Waals surface area contributed by atoms with E-state index in [1.165, 1.54) is 5.56 Å². The summed E-state index contributed by atoms with van der Waals surface area (Å²) >= 11 is 0. The van der Waals surface area contributed by atoms with E-state index in [4.69, 9.17) is 0 Å². The first-order chi connectivity index (χ1) is 5.36. The molecule has 1 aromatic rings. The van der Waals surface area contributed by atoms with Gasteiger partial charge in [0.25, 0.3) is 0 Å². The van der Waals surface area contributed by atoms with Crippen LogP contribution in [0.5, 0.6) is 0 Å². The van der Waals surface area contributed by atoms with Crippen molar-refractivity contribution in [3.05, 3.63) is 29.6 Å². The zero-order valence-electron chi connectivity index (χ0n) is 6.68. The van der Waals surface area contributed by atoms with Gasteiger partial charge in [0.05, 0.1) is 6.67 Å². The fourth-order valence-electron chi connectivity index (χ4n) is 0.909. The van der Waals surface area contributed by atoms with E-state index < -0.39 is 0 Å². The maximum atomic E-state index is 11.8. The third-order valence-electron chi connectivity index (χ3n) is 1.64. The number of pyridine rings is 1. The lowest BCUT2D eigenvalue weighted by molar-refractivity contribution is 0.492. The maximum absolute atomic E-state index is 11.8.